The molecular formula is C21H19ClFN5O2. The Morgan fingerprint density at radius 2 is 1.90 bits per heavy atom. The molecule has 2 aromatic carbocycles. The molecule has 0 aliphatic rings. The predicted molar refractivity (Wildman–Crippen MR) is 114 cm³/mol. The van der Waals surface area contributed by atoms with Gasteiger partial charge in [-0.3, -0.25) is 0 Å². The van der Waals surface area contributed by atoms with Crippen molar-refractivity contribution < 1.29 is 14.6 Å². The SMILES string of the molecule is Cc1nc2c(F)cc(-c3nc(Nc4ccc(O)cc4O)ncc3Cl)cc2n1C(C)C. The molecule has 0 aliphatic carbocycles. The summed E-state index contributed by atoms with van der Waals surface area (Å²) >= 11 is 6.32. The summed E-state index contributed by atoms with van der Waals surface area (Å²) in [5, 5.41) is 22.5. The van der Waals surface area contributed by atoms with Gasteiger partial charge in [-0.25, -0.2) is 19.3 Å². The number of hydrogen-bond acceptors (Lipinski definition) is 6. The molecule has 0 spiro atoms. The Morgan fingerprint density at radius 3 is 2.60 bits per heavy atom. The highest BCUT2D eigenvalue weighted by atomic mass is 35.5. The van der Waals surface area contributed by atoms with Crippen molar-refractivity contribution in [3.05, 3.63) is 53.2 Å². The molecule has 7 nitrogen and oxygen atoms in total. The summed E-state index contributed by atoms with van der Waals surface area (Å²) in [6, 6.07) is 7.33. The normalized spacial score (nSPS) is 11.4. The number of benzene rings is 2. The Labute approximate surface area is 176 Å². The second-order valence-corrected chi connectivity index (χ2v) is 7.57. The lowest BCUT2D eigenvalue weighted by atomic mass is 10.1. The monoisotopic (exact) mass is 427 g/mol. The van der Waals surface area contributed by atoms with E-state index >= 15 is 0 Å². The number of phenols is 2. The van der Waals surface area contributed by atoms with Crippen molar-refractivity contribution in [3.63, 3.8) is 0 Å². The maximum absolute atomic E-state index is 14.8. The number of fused-ring (bicyclic) bond motifs is 1. The first-order chi connectivity index (χ1) is 14.2. The maximum Gasteiger partial charge on any atom is 0.227 e. The molecule has 0 saturated carbocycles. The summed E-state index contributed by atoms with van der Waals surface area (Å²) in [6.45, 7) is 5.84. The molecule has 154 valence electrons. The van der Waals surface area contributed by atoms with Gasteiger partial charge in [-0.15, -0.1) is 0 Å². The van der Waals surface area contributed by atoms with Gasteiger partial charge in [0.2, 0.25) is 5.95 Å². The number of halogens is 2. The van der Waals surface area contributed by atoms with Crippen LogP contribution in [0.4, 0.5) is 16.0 Å². The van der Waals surface area contributed by atoms with E-state index in [1.807, 2.05) is 25.3 Å². The van der Waals surface area contributed by atoms with E-state index in [0.717, 1.165) is 5.82 Å². The number of rotatable bonds is 4. The Bertz CT molecular complexity index is 1270. The minimum Gasteiger partial charge on any atom is -0.508 e. The molecule has 0 amide bonds. The lowest BCUT2D eigenvalue weighted by molar-refractivity contribution is 0.452. The molecule has 0 unspecified atom stereocenters. The highest BCUT2D eigenvalue weighted by molar-refractivity contribution is 6.33. The maximum atomic E-state index is 14.8. The topological polar surface area (TPSA) is 96.1 Å². The fourth-order valence-corrected chi connectivity index (χ4v) is 3.63. The van der Waals surface area contributed by atoms with E-state index in [4.69, 9.17) is 11.6 Å². The van der Waals surface area contributed by atoms with Crippen molar-refractivity contribution in [1.29, 1.82) is 0 Å². The fraction of sp³-hybridized carbons (Fsp3) is 0.190. The highest BCUT2D eigenvalue weighted by Gasteiger charge is 2.18. The molecule has 0 bridgehead atoms. The molecule has 2 aromatic heterocycles. The molecule has 30 heavy (non-hydrogen) atoms. The molecule has 4 aromatic rings. The van der Waals surface area contributed by atoms with E-state index in [9.17, 15) is 14.6 Å². The first-order valence-electron chi connectivity index (χ1n) is 9.24. The van der Waals surface area contributed by atoms with Gasteiger partial charge in [0.15, 0.2) is 5.82 Å². The number of imidazole rings is 1. The largest absolute Gasteiger partial charge is 0.508 e. The molecule has 0 saturated heterocycles. The minimum absolute atomic E-state index is 0.0726. The number of nitrogens with one attached hydrogen (secondary N) is 1. The smallest absolute Gasteiger partial charge is 0.227 e. The van der Waals surface area contributed by atoms with Gasteiger partial charge in [-0.2, -0.15) is 0 Å². The van der Waals surface area contributed by atoms with Crippen molar-refractivity contribution in [2.45, 2.75) is 26.8 Å². The number of aryl methyl sites for hydroxylation is 1. The van der Waals surface area contributed by atoms with Crippen LogP contribution < -0.4 is 5.32 Å². The van der Waals surface area contributed by atoms with Crippen molar-refractivity contribution >= 4 is 34.3 Å². The van der Waals surface area contributed by atoms with Crippen LogP contribution in [-0.2, 0) is 0 Å². The average Bonchev–Trinajstić information content (AvgIpc) is 3.02. The first-order valence-corrected chi connectivity index (χ1v) is 9.62. The zero-order valence-corrected chi connectivity index (χ0v) is 17.2. The summed E-state index contributed by atoms with van der Waals surface area (Å²) in [5.74, 6) is 0.167. The summed E-state index contributed by atoms with van der Waals surface area (Å²) in [5.41, 5.74) is 2.06. The summed E-state index contributed by atoms with van der Waals surface area (Å²) in [6.07, 6.45) is 1.40. The zero-order chi connectivity index (χ0) is 21.6. The van der Waals surface area contributed by atoms with Crippen LogP contribution in [0.15, 0.2) is 36.5 Å². The van der Waals surface area contributed by atoms with E-state index in [-0.39, 0.29) is 28.5 Å². The van der Waals surface area contributed by atoms with E-state index in [0.29, 0.717) is 28.0 Å². The van der Waals surface area contributed by atoms with Crippen LogP contribution in [0.3, 0.4) is 0 Å². The van der Waals surface area contributed by atoms with Gasteiger partial charge >= 0.3 is 0 Å². The highest BCUT2D eigenvalue weighted by Crippen LogP contribution is 2.34. The molecule has 0 fully saturated rings. The number of aromatic hydroxyl groups is 2. The second-order valence-electron chi connectivity index (χ2n) is 7.17. The Kier molecular flexibility index (Phi) is 4.95. The molecule has 3 N–H and O–H groups in total. The van der Waals surface area contributed by atoms with Crippen LogP contribution >= 0.6 is 11.6 Å². The van der Waals surface area contributed by atoms with Crippen molar-refractivity contribution in [2.75, 3.05) is 5.32 Å². The molecule has 0 atom stereocenters. The van der Waals surface area contributed by atoms with Gasteiger partial charge in [0.25, 0.3) is 0 Å². The summed E-state index contributed by atoms with van der Waals surface area (Å²) < 4.78 is 16.8. The molecule has 9 heteroatoms. The standard InChI is InChI=1S/C21H19ClFN5O2/c1-10(2)28-11(3)25-20-15(23)6-12(7-17(20)28)19-14(22)9-24-21(27-19)26-16-5-4-13(29)8-18(16)30/h4-10,29-30H,1-3H3,(H,24,26,27). The lowest BCUT2D eigenvalue weighted by Gasteiger charge is -2.12. The van der Waals surface area contributed by atoms with Crippen LogP contribution in [0, 0.1) is 12.7 Å². The molecule has 4 rings (SSSR count). The minimum atomic E-state index is -0.467. The van der Waals surface area contributed by atoms with Gasteiger partial charge in [0.05, 0.1) is 28.1 Å². The van der Waals surface area contributed by atoms with Crippen LogP contribution in [-0.4, -0.2) is 29.7 Å². The third kappa shape index (κ3) is 3.50. The Morgan fingerprint density at radius 1 is 1.13 bits per heavy atom. The van der Waals surface area contributed by atoms with Gasteiger partial charge in [-0.05, 0) is 45.0 Å². The van der Waals surface area contributed by atoms with Crippen molar-refractivity contribution in [2.24, 2.45) is 0 Å². The Hall–Kier alpha value is -3.39. The van der Waals surface area contributed by atoms with Crippen LogP contribution in [0.2, 0.25) is 5.02 Å². The second kappa shape index (κ2) is 7.46. The number of hydrogen-bond donors (Lipinski definition) is 3. The molecule has 0 aliphatic heterocycles. The lowest BCUT2D eigenvalue weighted by Crippen LogP contribution is -2.03. The predicted octanol–water partition coefficient (Wildman–Crippen LogP) is 5.33. The zero-order valence-electron chi connectivity index (χ0n) is 16.5. The molecule has 2 heterocycles. The third-order valence-electron chi connectivity index (χ3n) is 4.69. The van der Waals surface area contributed by atoms with Gasteiger partial charge in [0, 0.05) is 17.7 Å². The van der Waals surface area contributed by atoms with Crippen LogP contribution in [0.5, 0.6) is 11.5 Å². The molecule has 0 radical (unpaired) electrons. The van der Waals surface area contributed by atoms with E-state index in [1.54, 1.807) is 6.07 Å². The number of nitrogens with zero attached hydrogens (tertiary/aromatic N) is 4. The van der Waals surface area contributed by atoms with Crippen LogP contribution in [0.1, 0.15) is 25.7 Å². The average molecular weight is 428 g/mol. The fourth-order valence-electron chi connectivity index (χ4n) is 3.43. The van der Waals surface area contributed by atoms with Crippen molar-refractivity contribution in [3.8, 4) is 22.8 Å². The van der Waals surface area contributed by atoms with Crippen LogP contribution in [0.25, 0.3) is 22.3 Å². The number of phenolic OH excluding ortho intramolecular Hbond substituents is 2. The van der Waals surface area contributed by atoms with Gasteiger partial charge in [0.1, 0.15) is 22.8 Å². The number of anilines is 2. The quantitative estimate of drug-likeness (QED) is 0.301. The molecular weight excluding hydrogens is 409 g/mol. The Balaban J connectivity index is 1.81. The van der Waals surface area contributed by atoms with Gasteiger partial charge < -0.3 is 20.1 Å². The first kappa shape index (κ1) is 19.9. The van der Waals surface area contributed by atoms with E-state index in [1.165, 1.54) is 30.5 Å². The summed E-state index contributed by atoms with van der Waals surface area (Å²) in [4.78, 5) is 12.9. The van der Waals surface area contributed by atoms with E-state index < -0.39 is 5.82 Å². The third-order valence-corrected chi connectivity index (χ3v) is 4.96. The number of aromatic nitrogens is 4. The summed E-state index contributed by atoms with van der Waals surface area (Å²) in [7, 11) is 0. The van der Waals surface area contributed by atoms with Crippen molar-refractivity contribution in [1.82, 2.24) is 19.5 Å². The van der Waals surface area contributed by atoms with Gasteiger partial charge in [-0.1, -0.05) is 11.6 Å². The van der Waals surface area contributed by atoms with E-state index in [2.05, 4.69) is 20.3 Å².